The molecule has 0 aliphatic heterocycles. The first-order valence-corrected chi connectivity index (χ1v) is 5.30. The largest absolute Gasteiger partial charge is 0.465 e. The molecule has 1 aromatic carbocycles. The van der Waals surface area contributed by atoms with Crippen LogP contribution in [0.5, 0.6) is 0 Å². The van der Waals surface area contributed by atoms with Gasteiger partial charge in [-0.25, -0.2) is 0 Å². The first-order valence-electron chi connectivity index (χ1n) is 5.30. The van der Waals surface area contributed by atoms with Crippen molar-refractivity contribution in [3.63, 3.8) is 0 Å². The Morgan fingerprint density at radius 3 is 2.44 bits per heavy atom. The van der Waals surface area contributed by atoms with Crippen molar-refractivity contribution in [2.24, 2.45) is 0 Å². The number of benzene rings is 1. The van der Waals surface area contributed by atoms with E-state index in [9.17, 15) is 4.79 Å². The summed E-state index contributed by atoms with van der Waals surface area (Å²) in [6.45, 7) is 2.42. The van der Waals surface area contributed by atoms with Gasteiger partial charge in [-0.3, -0.25) is 4.79 Å². The van der Waals surface area contributed by atoms with Crippen molar-refractivity contribution in [1.29, 1.82) is 0 Å². The van der Waals surface area contributed by atoms with Gasteiger partial charge in [-0.1, -0.05) is 0 Å². The van der Waals surface area contributed by atoms with Crippen molar-refractivity contribution in [2.45, 2.75) is 6.92 Å². The number of esters is 1. The molecule has 0 saturated heterocycles. The molecule has 0 radical (unpaired) electrons. The highest BCUT2D eigenvalue weighted by atomic mass is 16.5. The molecule has 4 nitrogen and oxygen atoms in total. The molecule has 0 unspecified atom stereocenters. The molecule has 0 heterocycles. The van der Waals surface area contributed by atoms with E-state index in [0.717, 1.165) is 11.4 Å². The van der Waals surface area contributed by atoms with Crippen molar-refractivity contribution in [2.75, 3.05) is 37.5 Å². The Morgan fingerprint density at radius 2 is 1.94 bits per heavy atom. The number of hydrogen-bond acceptors (Lipinski definition) is 4. The van der Waals surface area contributed by atoms with Crippen LogP contribution in [0.15, 0.2) is 24.3 Å². The van der Waals surface area contributed by atoms with E-state index in [1.54, 1.807) is 6.92 Å². The lowest BCUT2D eigenvalue weighted by atomic mass is 10.2. The van der Waals surface area contributed by atoms with Crippen LogP contribution >= 0.6 is 0 Å². The van der Waals surface area contributed by atoms with Crippen molar-refractivity contribution in [1.82, 2.24) is 0 Å². The minimum Gasteiger partial charge on any atom is -0.465 e. The van der Waals surface area contributed by atoms with Crippen molar-refractivity contribution >= 4 is 17.3 Å². The summed E-state index contributed by atoms with van der Waals surface area (Å²) in [5.41, 5.74) is 2.04. The summed E-state index contributed by atoms with van der Waals surface area (Å²) in [5, 5.41) is 3.00. The third-order valence-electron chi connectivity index (χ3n) is 2.13. The quantitative estimate of drug-likeness (QED) is 0.770. The maximum absolute atomic E-state index is 11.1. The molecule has 1 rings (SSSR count). The van der Waals surface area contributed by atoms with Gasteiger partial charge >= 0.3 is 5.97 Å². The van der Waals surface area contributed by atoms with Crippen molar-refractivity contribution < 1.29 is 9.53 Å². The summed E-state index contributed by atoms with van der Waals surface area (Å²) >= 11 is 0. The number of nitrogens with zero attached hydrogens (tertiary/aromatic N) is 1. The lowest BCUT2D eigenvalue weighted by Gasteiger charge is -2.13. The number of carbonyl (C=O) groups excluding carboxylic acids is 1. The van der Waals surface area contributed by atoms with E-state index in [1.165, 1.54) is 0 Å². The van der Waals surface area contributed by atoms with Crippen LogP contribution in [0.25, 0.3) is 0 Å². The van der Waals surface area contributed by atoms with Gasteiger partial charge in [-0.15, -0.1) is 0 Å². The molecule has 0 saturated carbocycles. The molecule has 1 N–H and O–H groups in total. The summed E-state index contributed by atoms with van der Waals surface area (Å²) in [6.07, 6.45) is 0. The highest BCUT2D eigenvalue weighted by Gasteiger charge is 2.01. The van der Waals surface area contributed by atoms with Gasteiger partial charge in [0.25, 0.3) is 0 Å². The second-order valence-corrected chi connectivity index (χ2v) is 3.60. The summed E-state index contributed by atoms with van der Waals surface area (Å²) in [5.74, 6) is -0.237. The van der Waals surface area contributed by atoms with Gasteiger partial charge in [-0.2, -0.15) is 0 Å². The molecule has 0 atom stereocenters. The molecule has 0 aromatic heterocycles. The van der Waals surface area contributed by atoms with Gasteiger partial charge in [0.2, 0.25) is 0 Å². The molecule has 0 aliphatic rings. The smallest absolute Gasteiger partial charge is 0.325 e. The molecule has 4 heteroatoms. The standard InChI is InChI=1S/C12H18N2O2/c1-4-16-12(15)9-13-10-5-7-11(8-6-10)14(2)3/h5-8,13H,4,9H2,1-3H3. The molecule has 1 aromatic rings. The van der Waals surface area contributed by atoms with E-state index in [4.69, 9.17) is 4.74 Å². The third kappa shape index (κ3) is 3.81. The number of anilines is 2. The Hall–Kier alpha value is -1.71. The molecular formula is C12H18N2O2. The fraction of sp³-hybridized carbons (Fsp3) is 0.417. The van der Waals surface area contributed by atoms with Crippen LogP contribution in [-0.4, -0.2) is 33.2 Å². The van der Waals surface area contributed by atoms with E-state index in [2.05, 4.69) is 5.32 Å². The van der Waals surface area contributed by atoms with Gasteiger partial charge in [0.15, 0.2) is 0 Å². The molecule has 0 spiro atoms. The summed E-state index contributed by atoms with van der Waals surface area (Å²) in [6, 6.07) is 7.87. The zero-order valence-corrected chi connectivity index (χ0v) is 9.99. The van der Waals surface area contributed by atoms with Crippen molar-refractivity contribution in [3.8, 4) is 0 Å². The first kappa shape index (κ1) is 12.4. The maximum Gasteiger partial charge on any atom is 0.325 e. The van der Waals surface area contributed by atoms with Crippen molar-refractivity contribution in [3.05, 3.63) is 24.3 Å². The summed E-state index contributed by atoms with van der Waals surface area (Å²) in [4.78, 5) is 13.1. The number of ether oxygens (including phenoxy) is 1. The maximum atomic E-state index is 11.1. The monoisotopic (exact) mass is 222 g/mol. The highest BCUT2D eigenvalue weighted by Crippen LogP contribution is 2.15. The highest BCUT2D eigenvalue weighted by molar-refractivity contribution is 5.75. The number of nitrogens with one attached hydrogen (secondary N) is 1. The fourth-order valence-corrected chi connectivity index (χ4v) is 1.26. The summed E-state index contributed by atoms with van der Waals surface area (Å²) in [7, 11) is 3.97. The number of rotatable bonds is 5. The van der Waals surface area contributed by atoms with Crippen LogP contribution in [0.2, 0.25) is 0 Å². The van der Waals surface area contributed by atoms with Crippen LogP contribution in [0, 0.1) is 0 Å². The van der Waals surface area contributed by atoms with E-state index >= 15 is 0 Å². The molecule has 16 heavy (non-hydrogen) atoms. The second-order valence-electron chi connectivity index (χ2n) is 3.60. The molecule has 0 bridgehead atoms. The molecule has 88 valence electrons. The lowest BCUT2D eigenvalue weighted by Crippen LogP contribution is -2.16. The topological polar surface area (TPSA) is 41.6 Å². The van der Waals surface area contributed by atoms with Crippen LogP contribution in [0.4, 0.5) is 11.4 Å². The van der Waals surface area contributed by atoms with E-state index in [1.807, 2.05) is 43.3 Å². The van der Waals surface area contributed by atoms with Gasteiger partial charge in [0.1, 0.15) is 6.54 Å². The minimum atomic E-state index is -0.237. The Bertz CT molecular complexity index is 333. The zero-order chi connectivity index (χ0) is 12.0. The Labute approximate surface area is 96.2 Å². The average Bonchev–Trinajstić information content (AvgIpc) is 2.27. The molecule has 0 amide bonds. The Morgan fingerprint density at radius 1 is 1.31 bits per heavy atom. The van der Waals surface area contributed by atoms with Crippen LogP contribution in [0.1, 0.15) is 6.92 Å². The molecular weight excluding hydrogens is 204 g/mol. The predicted molar refractivity (Wildman–Crippen MR) is 65.9 cm³/mol. The predicted octanol–water partition coefficient (Wildman–Crippen LogP) is 1.73. The van der Waals surface area contributed by atoms with E-state index < -0.39 is 0 Å². The van der Waals surface area contributed by atoms with Gasteiger partial charge < -0.3 is 15.0 Å². The fourth-order valence-electron chi connectivity index (χ4n) is 1.26. The van der Waals surface area contributed by atoms with Gasteiger partial charge in [0.05, 0.1) is 6.61 Å². The molecule has 0 fully saturated rings. The van der Waals surface area contributed by atoms with Crippen LogP contribution in [-0.2, 0) is 9.53 Å². The Kier molecular flexibility index (Phi) is 4.64. The summed E-state index contributed by atoms with van der Waals surface area (Å²) < 4.78 is 4.82. The third-order valence-corrected chi connectivity index (χ3v) is 2.13. The first-order chi connectivity index (χ1) is 7.63. The van der Waals surface area contributed by atoms with Crippen LogP contribution < -0.4 is 10.2 Å². The van der Waals surface area contributed by atoms with Gasteiger partial charge in [-0.05, 0) is 31.2 Å². The second kappa shape index (κ2) is 6.00. The Balaban J connectivity index is 2.46. The molecule has 0 aliphatic carbocycles. The lowest BCUT2D eigenvalue weighted by molar-refractivity contribution is -0.140. The van der Waals surface area contributed by atoms with Crippen LogP contribution in [0.3, 0.4) is 0 Å². The van der Waals surface area contributed by atoms with E-state index in [0.29, 0.717) is 6.61 Å². The minimum absolute atomic E-state index is 0.204. The normalized spacial score (nSPS) is 9.69. The average molecular weight is 222 g/mol. The number of hydrogen-bond donors (Lipinski definition) is 1. The van der Waals surface area contributed by atoms with E-state index in [-0.39, 0.29) is 12.5 Å². The number of carbonyl (C=O) groups is 1. The SMILES string of the molecule is CCOC(=O)CNc1ccc(N(C)C)cc1. The zero-order valence-electron chi connectivity index (χ0n) is 9.99. The van der Waals surface area contributed by atoms with Gasteiger partial charge in [0, 0.05) is 25.5 Å².